The van der Waals surface area contributed by atoms with E-state index in [0.29, 0.717) is 43.0 Å². The van der Waals surface area contributed by atoms with Gasteiger partial charge in [0, 0.05) is 36.8 Å². The Labute approximate surface area is 125 Å². The molecule has 1 aromatic heterocycles. The lowest BCUT2D eigenvalue weighted by molar-refractivity contribution is 0.0565. The van der Waals surface area contributed by atoms with Crippen molar-refractivity contribution in [3.63, 3.8) is 0 Å². The largest absolute Gasteiger partial charge is 0.450 e. The van der Waals surface area contributed by atoms with Crippen molar-refractivity contribution in [2.45, 2.75) is 6.92 Å². The zero-order valence-corrected chi connectivity index (χ0v) is 12.8. The maximum atomic E-state index is 12.3. The molecule has 7 heteroatoms. The Morgan fingerprint density at radius 1 is 1.30 bits per heavy atom. The van der Waals surface area contributed by atoms with Crippen molar-refractivity contribution in [2.75, 3.05) is 32.8 Å². The van der Waals surface area contributed by atoms with Gasteiger partial charge in [-0.15, -0.1) is 0 Å². The molecular formula is C13H16BrN3O3. The Balaban J connectivity index is 1.96. The fraction of sp³-hybridized carbons (Fsp3) is 0.462. The van der Waals surface area contributed by atoms with Crippen LogP contribution in [0.1, 0.15) is 17.4 Å². The van der Waals surface area contributed by atoms with Crippen LogP contribution in [0.3, 0.4) is 0 Å². The molecule has 2 amide bonds. The summed E-state index contributed by atoms with van der Waals surface area (Å²) in [7, 11) is 0. The second-order valence-electron chi connectivity index (χ2n) is 4.31. The number of aromatic nitrogens is 1. The molecule has 1 saturated heterocycles. The Kier molecular flexibility index (Phi) is 4.94. The minimum absolute atomic E-state index is 0.124. The fourth-order valence-corrected chi connectivity index (χ4v) is 2.42. The molecule has 1 fully saturated rings. The molecule has 0 unspecified atom stereocenters. The molecule has 0 spiro atoms. The number of carbonyl (C=O) groups excluding carboxylic acids is 2. The first-order valence-corrected chi connectivity index (χ1v) is 7.24. The lowest BCUT2D eigenvalue weighted by atomic mass is 10.2. The van der Waals surface area contributed by atoms with Crippen LogP contribution in [0.25, 0.3) is 0 Å². The van der Waals surface area contributed by atoms with Gasteiger partial charge in [-0.2, -0.15) is 0 Å². The highest BCUT2D eigenvalue weighted by Gasteiger charge is 2.26. The van der Waals surface area contributed by atoms with Gasteiger partial charge in [-0.25, -0.2) is 9.78 Å². The Bertz CT molecular complexity index is 501. The molecule has 1 aliphatic heterocycles. The number of hydrogen-bond donors (Lipinski definition) is 0. The van der Waals surface area contributed by atoms with E-state index in [2.05, 4.69) is 20.9 Å². The van der Waals surface area contributed by atoms with E-state index in [9.17, 15) is 9.59 Å². The van der Waals surface area contributed by atoms with Crippen molar-refractivity contribution in [2.24, 2.45) is 0 Å². The fourth-order valence-electron chi connectivity index (χ4n) is 2.00. The second kappa shape index (κ2) is 6.69. The first-order valence-electron chi connectivity index (χ1n) is 6.45. The molecule has 0 aliphatic carbocycles. The summed E-state index contributed by atoms with van der Waals surface area (Å²) in [6.45, 7) is 4.07. The molecule has 2 rings (SSSR count). The number of nitrogens with zero attached hydrogens (tertiary/aromatic N) is 3. The average molecular weight is 342 g/mol. The van der Waals surface area contributed by atoms with Gasteiger partial charge in [-0.05, 0) is 35.0 Å². The van der Waals surface area contributed by atoms with Crippen molar-refractivity contribution in [1.82, 2.24) is 14.8 Å². The molecule has 0 N–H and O–H groups in total. The molecule has 1 aromatic rings. The number of piperazine rings is 1. The molecule has 2 heterocycles. The van der Waals surface area contributed by atoms with E-state index in [0.717, 1.165) is 0 Å². The maximum Gasteiger partial charge on any atom is 0.409 e. The number of hydrogen-bond acceptors (Lipinski definition) is 4. The van der Waals surface area contributed by atoms with Crippen molar-refractivity contribution in [1.29, 1.82) is 0 Å². The smallest absolute Gasteiger partial charge is 0.409 e. The molecule has 1 aliphatic rings. The van der Waals surface area contributed by atoms with Gasteiger partial charge in [0.25, 0.3) is 5.91 Å². The van der Waals surface area contributed by atoms with E-state index in [1.54, 1.807) is 35.1 Å². The number of rotatable bonds is 2. The molecule has 0 atom stereocenters. The highest BCUT2D eigenvalue weighted by Crippen LogP contribution is 2.16. The van der Waals surface area contributed by atoms with Crippen molar-refractivity contribution < 1.29 is 14.3 Å². The lowest BCUT2D eigenvalue weighted by Gasteiger charge is -2.33. The molecule has 0 radical (unpaired) electrons. The number of halogens is 1. The Hall–Kier alpha value is -1.63. The minimum Gasteiger partial charge on any atom is -0.450 e. The van der Waals surface area contributed by atoms with Crippen LogP contribution < -0.4 is 0 Å². The summed E-state index contributed by atoms with van der Waals surface area (Å²) in [5, 5.41) is 0. The van der Waals surface area contributed by atoms with Gasteiger partial charge in [0.2, 0.25) is 0 Å². The lowest BCUT2D eigenvalue weighted by Crippen LogP contribution is -2.50. The van der Waals surface area contributed by atoms with Crippen LogP contribution in [0.4, 0.5) is 4.79 Å². The van der Waals surface area contributed by atoms with Crippen LogP contribution >= 0.6 is 15.9 Å². The zero-order valence-electron chi connectivity index (χ0n) is 11.2. The van der Waals surface area contributed by atoms with Crippen LogP contribution in [-0.2, 0) is 4.74 Å². The summed E-state index contributed by atoms with van der Waals surface area (Å²) in [4.78, 5) is 31.3. The van der Waals surface area contributed by atoms with Crippen LogP contribution in [-0.4, -0.2) is 59.6 Å². The van der Waals surface area contributed by atoms with Crippen LogP contribution in [0.2, 0.25) is 0 Å². The predicted molar refractivity (Wildman–Crippen MR) is 76.4 cm³/mol. The van der Waals surface area contributed by atoms with Crippen LogP contribution in [0, 0.1) is 0 Å². The first-order chi connectivity index (χ1) is 9.63. The van der Waals surface area contributed by atoms with Crippen molar-refractivity contribution in [3.05, 3.63) is 28.5 Å². The summed E-state index contributed by atoms with van der Waals surface area (Å²) in [5.74, 6) is -0.124. The van der Waals surface area contributed by atoms with Gasteiger partial charge in [-0.3, -0.25) is 4.79 Å². The standard InChI is InChI=1S/C13H16BrN3O3/c1-2-20-13(19)17-8-6-16(7-9-17)12(18)11-10(14)4-3-5-15-11/h3-5H,2,6-9H2,1H3. The van der Waals surface area contributed by atoms with Crippen LogP contribution in [0.15, 0.2) is 22.8 Å². The summed E-state index contributed by atoms with van der Waals surface area (Å²) in [6.07, 6.45) is 1.27. The quantitative estimate of drug-likeness (QED) is 0.822. The molecule has 108 valence electrons. The second-order valence-corrected chi connectivity index (χ2v) is 5.17. The van der Waals surface area contributed by atoms with Crippen molar-refractivity contribution in [3.8, 4) is 0 Å². The number of amides is 2. The maximum absolute atomic E-state index is 12.3. The normalized spacial score (nSPS) is 15.1. The Morgan fingerprint density at radius 2 is 1.95 bits per heavy atom. The SMILES string of the molecule is CCOC(=O)N1CCN(C(=O)c2ncccc2Br)CC1. The third kappa shape index (κ3) is 3.27. The first kappa shape index (κ1) is 14.8. The van der Waals surface area contributed by atoms with Crippen molar-refractivity contribution >= 4 is 27.9 Å². The third-order valence-electron chi connectivity index (χ3n) is 3.05. The van der Waals surface area contributed by atoms with Gasteiger partial charge >= 0.3 is 6.09 Å². The zero-order chi connectivity index (χ0) is 14.5. The van der Waals surface area contributed by atoms with E-state index in [1.165, 1.54) is 0 Å². The van der Waals surface area contributed by atoms with E-state index in [4.69, 9.17) is 4.74 Å². The van der Waals surface area contributed by atoms with Gasteiger partial charge in [0.15, 0.2) is 0 Å². The summed E-state index contributed by atoms with van der Waals surface area (Å²) >= 11 is 3.32. The van der Waals surface area contributed by atoms with E-state index >= 15 is 0 Å². The summed E-state index contributed by atoms with van der Waals surface area (Å²) < 4.78 is 5.62. The highest BCUT2D eigenvalue weighted by molar-refractivity contribution is 9.10. The summed E-state index contributed by atoms with van der Waals surface area (Å²) in [5.41, 5.74) is 0.400. The van der Waals surface area contributed by atoms with Gasteiger partial charge in [0.05, 0.1) is 6.61 Å². The molecule has 0 bridgehead atoms. The van der Waals surface area contributed by atoms with Gasteiger partial charge < -0.3 is 14.5 Å². The topological polar surface area (TPSA) is 62.7 Å². The third-order valence-corrected chi connectivity index (χ3v) is 3.69. The van der Waals surface area contributed by atoms with E-state index in [-0.39, 0.29) is 12.0 Å². The van der Waals surface area contributed by atoms with Crippen LogP contribution in [0.5, 0.6) is 0 Å². The van der Waals surface area contributed by atoms with E-state index < -0.39 is 0 Å². The highest BCUT2D eigenvalue weighted by atomic mass is 79.9. The van der Waals surface area contributed by atoms with Gasteiger partial charge in [0.1, 0.15) is 5.69 Å². The number of carbonyl (C=O) groups is 2. The Morgan fingerprint density at radius 3 is 2.55 bits per heavy atom. The number of pyridine rings is 1. The average Bonchev–Trinajstić information content (AvgIpc) is 2.47. The summed E-state index contributed by atoms with van der Waals surface area (Å²) in [6, 6.07) is 3.55. The minimum atomic E-state index is -0.321. The molecule has 6 nitrogen and oxygen atoms in total. The van der Waals surface area contributed by atoms with E-state index in [1.807, 2.05) is 0 Å². The van der Waals surface area contributed by atoms with Gasteiger partial charge in [-0.1, -0.05) is 0 Å². The molecule has 0 saturated carbocycles. The molecular weight excluding hydrogens is 326 g/mol. The monoisotopic (exact) mass is 341 g/mol. The predicted octanol–water partition coefficient (Wildman–Crippen LogP) is 1.76. The molecule has 0 aromatic carbocycles. The number of ether oxygens (including phenoxy) is 1. The molecule has 20 heavy (non-hydrogen) atoms.